The van der Waals surface area contributed by atoms with Crippen LogP contribution < -0.4 is 4.90 Å². The van der Waals surface area contributed by atoms with Crippen molar-refractivity contribution < 1.29 is 14.5 Å². The van der Waals surface area contributed by atoms with E-state index >= 15 is 0 Å². The fourth-order valence-electron chi connectivity index (χ4n) is 4.23. The van der Waals surface area contributed by atoms with Gasteiger partial charge in [0.1, 0.15) is 12.5 Å². The number of non-ortho nitro benzene ring substituents is 1. The lowest BCUT2D eigenvalue weighted by atomic mass is 9.79. The molecule has 0 unspecified atom stereocenters. The number of benzene rings is 1. The average molecular weight is 412 g/mol. The summed E-state index contributed by atoms with van der Waals surface area (Å²) in [4.78, 5) is 30.4. The second kappa shape index (κ2) is 7.03. The first-order valence-corrected chi connectivity index (χ1v) is 13.5. The van der Waals surface area contributed by atoms with Crippen molar-refractivity contribution in [3.63, 3.8) is 0 Å². The smallest absolute Gasteiger partial charge is 0.269 e. The van der Waals surface area contributed by atoms with Crippen molar-refractivity contribution in [2.75, 3.05) is 18.2 Å². The van der Waals surface area contributed by atoms with Crippen LogP contribution in [0.4, 0.5) is 11.5 Å². The van der Waals surface area contributed by atoms with Crippen LogP contribution in [-0.4, -0.2) is 37.2 Å². The molecule has 7 nitrogen and oxygen atoms in total. The summed E-state index contributed by atoms with van der Waals surface area (Å²) < 4.78 is 5.86. The first-order chi connectivity index (χ1) is 13.7. The molecular weight excluding hydrogens is 386 g/mol. The molecule has 1 aliphatic carbocycles. The number of nitro groups is 1. The lowest BCUT2D eigenvalue weighted by Crippen LogP contribution is -2.42. The molecule has 2 aliphatic rings. The third-order valence-corrected chi connectivity index (χ3v) is 7.52. The topological polar surface area (TPSA) is 85.6 Å². The van der Waals surface area contributed by atoms with Crippen LogP contribution in [0.1, 0.15) is 16.7 Å². The Labute approximate surface area is 170 Å². The number of fused-ring (bicyclic) bond motifs is 3. The van der Waals surface area contributed by atoms with Gasteiger partial charge in [-0.15, -0.1) is 0 Å². The lowest BCUT2D eigenvalue weighted by molar-refractivity contribution is -0.384. The van der Waals surface area contributed by atoms with Crippen LogP contribution in [0.25, 0.3) is 0 Å². The van der Waals surface area contributed by atoms with Crippen LogP contribution >= 0.6 is 0 Å². The highest BCUT2D eigenvalue weighted by Gasteiger charge is 2.54. The van der Waals surface area contributed by atoms with Gasteiger partial charge in [0, 0.05) is 38.6 Å². The zero-order valence-corrected chi connectivity index (χ0v) is 18.0. The quantitative estimate of drug-likeness (QED) is 0.313. The van der Waals surface area contributed by atoms with E-state index in [0.717, 1.165) is 22.7 Å². The number of hydrogen-bond acceptors (Lipinski definition) is 5. The second-order valence-corrected chi connectivity index (χ2v) is 14.7. The van der Waals surface area contributed by atoms with E-state index in [2.05, 4.69) is 24.6 Å². The standard InChI is InChI=1S/C21H25N3O4Si/c1-29(2,3)10-9-28-14-23-19-18(5-4-8-22-19)21(20(23)25)12-15-6-7-17(24(26)27)11-16(15)13-21/h4-8,11H,9-10,12-14H2,1-3H3/t21-/m0/s1. The Morgan fingerprint density at radius 1 is 1.24 bits per heavy atom. The predicted molar refractivity (Wildman–Crippen MR) is 113 cm³/mol. The summed E-state index contributed by atoms with van der Waals surface area (Å²) in [6, 6.07) is 9.71. The number of carbonyl (C=O) groups is 1. The van der Waals surface area contributed by atoms with Crippen molar-refractivity contribution in [2.24, 2.45) is 0 Å². The van der Waals surface area contributed by atoms with Gasteiger partial charge in [-0.25, -0.2) is 4.98 Å². The highest BCUT2D eigenvalue weighted by atomic mass is 28.3. The van der Waals surface area contributed by atoms with Gasteiger partial charge in [-0.05, 0) is 36.1 Å². The van der Waals surface area contributed by atoms with Gasteiger partial charge in [-0.1, -0.05) is 31.8 Å². The molecule has 1 aliphatic heterocycles. The molecule has 29 heavy (non-hydrogen) atoms. The van der Waals surface area contributed by atoms with E-state index in [1.807, 2.05) is 12.1 Å². The monoisotopic (exact) mass is 411 g/mol. The fourth-order valence-corrected chi connectivity index (χ4v) is 4.98. The maximum absolute atomic E-state index is 13.5. The number of nitrogens with zero attached hydrogens (tertiary/aromatic N) is 3. The zero-order chi connectivity index (χ0) is 20.8. The van der Waals surface area contributed by atoms with Gasteiger partial charge in [0.25, 0.3) is 5.69 Å². The van der Waals surface area contributed by atoms with Gasteiger partial charge >= 0.3 is 0 Å². The molecule has 8 heteroatoms. The second-order valence-electron chi connectivity index (χ2n) is 9.10. The summed E-state index contributed by atoms with van der Waals surface area (Å²) in [5, 5.41) is 11.2. The molecule has 1 aromatic carbocycles. The first kappa shape index (κ1) is 19.7. The average Bonchev–Trinajstić information content (AvgIpc) is 3.15. The Hall–Kier alpha value is -2.58. The summed E-state index contributed by atoms with van der Waals surface area (Å²) in [7, 11) is -1.21. The summed E-state index contributed by atoms with van der Waals surface area (Å²) in [5.41, 5.74) is 2.05. The van der Waals surface area contributed by atoms with Crippen molar-refractivity contribution in [1.82, 2.24) is 4.98 Å². The van der Waals surface area contributed by atoms with E-state index < -0.39 is 18.4 Å². The minimum Gasteiger partial charge on any atom is -0.361 e. The molecule has 1 spiro atoms. The number of rotatable bonds is 6. The van der Waals surface area contributed by atoms with E-state index in [9.17, 15) is 14.9 Å². The number of anilines is 1. The number of ether oxygens (including phenoxy) is 1. The van der Waals surface area contributed by atoms with Crippen molar-refractivity contribution in [3.05, 3.63) is 63.3 Å². The fraction of sp³-hybridized carbons (Fsp3) is 0.429. The maximum atomic E-state index is 13.5. The number of aromatic nitrogens is 1. The van der Waals surface area contributed by atoms with E-state index in [1.165, 1.54) is 6.07 Å². The predicted octanol–water partition coefficient (Wildman–Crippen LogP) is 3.69. The van der Waals surface area contributed by atoms with Gasteiger partial charge in [0.15, 0.2) is 0 Å². The highest BCUT2D eigenvalue weighted by molar-refractivity contribution is 6.76. The number of pyridine rings is 1. The Morgan fingerprint density at radius 2 is 2.00 bits per heavy atom. The van der Waals surface area contributed by atoms with Crippen molar-refractivity contribution in [2.45, 2.75) is 43.9 Å². The van der Waals surface area contributed by atoms with Crippen molar-refractivity contribution >= 4 is 25.5 Å². The molecular formula is C21H25N3O4Si. The Morgan fingerprint density at radius 3 is 2.72 bits per heavy atom. The molecule has 4 rings (SSSR count). The van der Waals surface area contributed by atoms with Gasteiger partial charge in [-0.2, -0.15) is 0 Å². The van der Waals surface area contributed by atoms with Gasteiger partial charge < -0.3 is 4.74 Å². The van der Waals surface area contributed by atoms with Crippen LogP contribution in [0.15, 0.2) is 36.5 Å². The number of nitro benzene ring substituents is 1. The van der Waals surface area contributed by atoms with Gasteiger partial charge in [0.05, 0.1) is 10.3 Å². The molecule has 0 bridgehead atoms. The third-order valence-electron chi connectivity index (χ3n) is 5.81. The van der Waals surface area contributed by atoms with Crippen LogP contribution in [0.2, 0.25) is 25.7 Å². The van der Waals surface area contributed by atoms with Crippen LogP contribution in [0.5, 0.6) is 0 Å². The Balaban J connectivity index is 1.61. The highest BCUT2D eigenvalue weighted by Crippen LogP contribution is 2.49. The largest absolute Gasteiger partial charge is 0.361 e. The number of amides is 1. The van der Waals surface area contributed by atoms with Crippen LogP contribution in [0.3, 0.4) is 0 Å². The van der Waals surface area contributed by atoms with Gasteiger partial charge in [0.2, 0.25) is 5.91 Å². The van der Waals surface area contributed by atoms with E-state index in [1.54, 1.807) is 23.2 Å². The van der Waals surface area contributed by atoms with Gasteiger partial charge in [-0.3, -0.25) is 19.8 Å². The molecule has 1 amide bonds. The Bertz CT molecular complexity index is 988. The molecule has 0 N–H and O–H groups in total. The molecule has 152 valence electrons. The molecule has 2 aromatic rings. The molecule has 0 fully saturated rings. The molecule has 0 saturated heterocycles. The van der Waals surface area contributed by atoms with E-state index in [0.29, 0.717) is 25.3 Å². The molecule has 0 saturated carbocycles. The summed E-state index contributed by atoms with van der Waals surface area (Å²) in [5.74, 6) is 0.617. The first-order valence-electron chi connectivity index (χ1n) is 9.83. The maximum Gasteiger partial charge on any atom is 0.269 e. The van der Waals surface area contributed by atoms with E-state index in [4.69, 9.17) is 4.74 Å². The SMILES string of the molecule is C[Si](C)(C)CCOCN1C(=O)[C@]2(Cc3ccc([N+](=O)[O-])cc3C2)c2cccnc21. The molecule has 1 aromatic heterocycles. The molecule has 0 radical (unpaired) electrons. The molecule has 2 heterocycles. The number of carbonyl (C=O) groups excluding carboxylic acids is 1. The van der Waals surface area contributed by atoms with E-state index in [-0.39, 0.29) is 18.3 Å². The minimum absolute atomic E-state index is 0.0296. The Kier molecular flexibility index (Phi) is 4.78. The summed E-state index contributed by atoms with van der Waals surface area (Å²) in [6.45, 7) is 7.68. The number of hydrogen-bond donors (Lipinski definition) is 0. The summed E-state index contributed by atoms with van der Waals surface area (Å²) >= 11 is 0. The van der Waals surface area contributed by atoms with Crippen molar-refractivity contribution in [1.29, 1.82) is 0 Å². The van der Waals surface area contributed by atoms with Crippen LogP contribution in [-0.2, 0) is 27.8 Å². The molecule has 1 atom stereocenters. The third kappa shape index (κ3) is 3.47. The van der Waals surface area contributed by atoms with Crippen LogP contribution in [0, 0.1) is 10.1 Å². The zero-order valence-electron chi connectivity index (χ0n) is 17.0. The lowest BCUT2D eigenvalue weighted by Gasteiger charge is -2.23. The van der Waals surface area contributed by atoms with Crippen molar-refractivity contribution in [3.8, 4) is 0 Å². The summed E-state index contributed by atoms with van der Waals surface area (Å²) in [6.07, 6.45) is 2.67. The normalized spacial score (nSPS) is 20.2. The minimum atomic E-state index is -1.21.